The monoisotopic (exact) mass is 432 g/mol. The molecule has 0 atom stereocenters. The fraction of sp³-hybridized carbons (Fsp3) is 0.125. The molecule has 1 saturated heterocycles. The third-order valence-electron chi connectivity index (χ3n) is 4.72. The number of hydrogen-bond donors (Lipinski definition) is 1. The maximum Gasteiger partial charge on any atom is 0.293 e. The maximum atomic E-state index is 12.7. The maximum absolute atomic E-state index is 12.7. The molecule has 4 rings (SSSR count). The number of nitrogens with zero attached hydrogens (tertiary/aromatic N) is 1. The molecule has 1 N–H and O–H groups in total. The molecule has 0 spiro atoms. The van der Waals surface area contributed by atoms with Crippen LogP contribution in [0.2, 0.25) is 0 Å². The summed E-state index contributed by atoms with van der Waals surface area (Å²) in [6, 6.07) is 20.7. The number of hydrogen-bond acceptors (Lipinski definition) is 5. The van der Waals surface area contributed by atoms with Crippen LogP contribution >= 0.6 is 11.8 Å². The van der Waals surface area contributed by atoms with E-state index in [1.54, 1.807) is 30.3 Å². The highest BCUT2D eigenvalue weighted by atomic mass is 32.2. The lowest BCUT2D eigenvalue weighted by Gasteiger charge is -2.14. The highest BCUT2D eigenvalue weighted by Crippen LogP contribution is 2.32. The van der Waals surface area contributed by atoms with Crippen molar-refractivity contribution in [2.24, 2.45) is 0 Å². The Bertz CT molecular complexity index is 1180. The van der Waals surface area contributed by atoms with Gasteiger partial charge >= 0.3 is 0 Å². The van der Waals surface area contributed by atoms with E-state index in [0.717, 1.165) is 33.8 Å². The van der Waals surface area contributed by atoms with Crippen LogP contribution in [0.1, 0.15) is 12.5 Å². The van der Waals surface area contributed by atoms with Crippen LogP contribution in [0.15, 0.2) is 71.6 Å². The second-order valence-electron chi connectivity index (χ2n) is 6.96. The number of fused-ring (bicyclic) bond motifs is 1. The van der Waals surface area contributed by atoms with Crippen LogP contribution in [0.25, 0.3) is 16.8 Å². The highest BCUT2D eigenvalue weighted by molar-refractivity contribution is 8.18. The summed E-state index contributed by atoms with van der Waals surface area (Å²) in [4.78, 5) is 37.7. The van der Waals surface area contributed by atoms with Crippen LogP contribution in [-0.4, -0.2) is 35.1 Å². The molecule has 0 aliphatic carbocycles. The second kappa shape index (κ2) is 9.06. The van der Waals surface area contributed by atoms with E-state index >= 15 is 0 Å². The Morgan fingerprint density at radius 3 is 2.55 bits per heavy atom. The van der Waals surface area contributed by atoms with Gasteiger partial charge in [-0.25, -0.2) is 0 Å². The Balaban J connectivity index is 1.40. The van der Waals surface area contributed by atoms with Crippen LogP contribution in [0.5, 0.6) is 5.75 Å². The van der Waals surface area contributed by atoms with Gasteiger partial charge in [-0.15, -0.1) is 0 Å². The normalized spacial score (nSPS) is 15.0. The molecule has 3 amide bonds. The molecule has 7 heteroatoms. The molecule has 3 aromatic rings. The summed E-state index contributed by atoms with van der Waals surface area (Å²) in [5.74, 6) is 0.238. The Hall–Kier alpha value is -3.58. The van der Waals surface area contributed by atoms with Gasteiger partial charge in [0, 0.05) is 18.0 Å². The van der Waals surface area contributed by atoms with E-state index in [-0.39, 0.29) is 30.2 Å². The van der Waals surface area contributed by atoms with E-state index in [1.165, 1.54) is 11.8 Å². The lowest BCUT2D eigenvalue weighted by Crippen LogP contribution is -2.32. The summed E-state index contributed by atoms with van der Waals surface area (Å²) in [5, 5.41) is 4.43. The Kier molecular flexibility index (Phi) is 6.04. The number of nitrogens with one attached hydrogen (secondary N) is 1. The molecule has 6 nitrogen and oxygen atoms in total. The van der Waals surface area contributed by atoms with Crippen LogP contribution in [0, 0.1) is 0 Å². The lowest BCUT2D eigenvalue weighted by molar-refractivity contribution is -0.123. The minimum Gasteiger partial charge on any atom is -0.491 e. The van der Waals surface area contributed by atoms with Gasteiger partial charge < -0.3 is 10.1 Å². The van der Waals surface area contributed by atoms with Gasteiger partial charge in [-0.1, -0.05) is 48.5 Å². The van der Waals surface area contributed by atoms with Gasteiger partial charge in [0.25, 0.3) is 11.1 Å². The van der Waals surface area contributed by atoms with Crippen LogP contribution in [-0.2, 0) is 9.59 Å². The SMILES string of the molecule is CC(=O)Nc1ccc(/C=C2\SC(=O)N(CCOc3cccc4ccccc34)C2=O)cc1. The molecule has 0 unspecified atom stereocenters. The van der Waals surface area contributed by atoms with Crippen molar-refractivity contribution < 1.29 is 19.1 Å². The average Bonchev–Trinajstić information content (AvgIpc) is 3.02. The predicted molar refractivity (Wildman–Crippen MR) is 123 cm³/mol. The summed E-state index contributed by atoms with van der Waals surface area (Å²) >= 11 is 0.914. The smallest absolute Gasteiger partial charge is 0.293 e. The van der Waals surface area contributed by atoms with Crippen molar-refractivity contribution >= 4 is 51.4 Å². The number of carbonyl (C=O) groups excluding carboxylic acids is 3. The number of rotatable bonds is 6. The third-order valence-corrected chi connectivity index (χ3v) is 5.63. The predicted octanol–water partition coefficient (Wildman–Crippen LogP) is 4.91. The standard InChI is InChI=1S/C24H20N2O4S/c1-16(27)25-19-11-9-17(10-12-19)15-22-23(28)26(24(29)31-22)13-14-30-21-8-4-6-18-5-2-3-7-20(18)21/h2-12,15H,13-14H2,1H3,(H,25,27)/b22-15-. The van der Waals surface area contributed by atoms with Gasteiger partial charge in [0.15, 0.2) is 0 Å². The number of imide groups is 1. The van der Waals surface area contributed by atoms with E-state index in [1.807, 2.05) is 42.5 Å². The second-order valence-corrected chi connectivity index (χ2v) is 7.96. The van der Waals surface area contributed by atoms with Crippen molar-refractivity contribution in [3.8, 4) is 5.75 Å². The summed E-state index contributed by atoms with van der Waals surface area (Å²) < 4.78 is 5.87. The largest absolute Gasteiger partial charge is 0.491 e. The first-order chi connectivity index (χ1) is 15.0. The molecule has 1 aliphatic rings. The van der Waals surface area contributed by atoms with Gasteiger partial charge in [-0.2, -0.15) is 0 Å². The molecule has 0 bridgehead atoms. The molecule has 156 valence electrons. The molecular formula is C24H20N2O4S. The van der Waals surface area contributed by atoms with E-state index in [9.17, 15) is 14.4 Å². The zero-order chi connectivity index (χ0) is 21.8. The van der Waals surface area contributed by atoms with Crippen molar-refractivity contribution in [1.29, 1.82) is 0 Å². The lowest BCUT2D eigenvalue weighted by atomic mass is 10.1. The van der Waals surface area contributed by atoms with E-state index in [4.69, 9.17) is 4.74 Å². The Morgan fingerprint density at radius 1 is 1.03 bits per heavy atom. The van der Waals surface area contributed by atoms with Gasteiger partial charge in [0.1, 0.15) is 12.4 Å². The summed E-state index contributed by atoms with van der Waals surface area (Å²) in [6.45, 7) is 1.82. The zero-order valence-electron chi connectivity index (χ0n) is 16.8. The van der Waals surface area contributed by atoms with Gasteiger partial charge in [-0.05, 0) is 47.0 Å². The number of thioether (sulfide) groups is 1. The van der Waals surface area contributed by atoms with Crippen LogP contribution in [0.3, 0.4) is 0 Å². The molecule has 1 aliphatic heterocycles. The zero-order valence-corrected chi connectivity index (χ0v) is 17.6. The van der Waals surface area contributed by atoms with E-state index in [0.29, 0.717) is 10.6 Å². The first-order valence-corrected chi connectivity index (χ1v) is 10.6. The van der Waals surface area contributed by atoms with Gasteiger partial charge in [0.05, 0.1) is 11.4 Å². The van der Waals surface area contributed by atoms with Crippen molar-refractivity contribution in [1.82, 2.24) is 4.90 Å². The third kappa shape index (κ3) is 4.78. The highest BCUT2D eigenvalue weighted by Gasteiger charge is 2.34. The minimum absolute atomic E-state index is 0.153. The van der Waals surface area contributed by atoms with E-state index < -0.39 is 0 Å². The first-order valence-electron chi connectivity index (χ1n) is 9.75. The minimum atomic E-state index is -0.331. The Morgan fingerprint density at radius 2 is 1.77 bits per heavy atom. The van der Waals surface area contributed by atoms with Gasteiger partial charge in [-0.3, -0.25) is 19.3 Å². The van der Waals surface area contributed by atoms with Crippen LogP contribution in [0.4, 0.5) is 10.5 Å². The fourth-order valence-electron chi connectivity index (χ4n) is 3.28. The number of carbonyl (C=O) groups is 3. The molecule has 1 heterocycles. The topological polar surface area (TPSA) is 75.7 Å². The number of ether oxygens (including phenoxy) is 1. The summed E-state index contributed by atoms with van der Waals surface area (Å²) in [6.07, 6.45) is 1.67. The number of benzene rings is 3. The number of amides is 3. The molecule has 3 aromatic carbocycles. The Labute approximate surface area is 183 Å². The number of anilines is 1. The fourth-order valence-corrected chi connectivity index (χ4v) is 4.14. The molecule has 0 radical (unpaired) electrons. The van der Waals surface area contributed by atoms with Crippen molar-refractivity contribution in [3.05, 3.63) is 77.2 Å². The van der Waals surface area contributed by atoms with Crippen molar-refractivity contribution in [2.45, 2.75) is 6.92 Å². The molecule has 0 saturated carbocycles. The quantitative estimate of drug-likeness (QED) is 0.560. The van der Waals surface area contributed by atoms with Crippen molar-refractivity contribution in [3.63, 3.8) is 0 Å². The summed E-state index contributed by atoms with van der Waals surface area (Å²) in [7, 11) is 0. The molecular weight excluding hydrogens is 412 g/mol. The molecule has 31 heavy (non-hydrogen) atoms. The van der Waals surface area contributed by atoms with Gasteiger partial charge in [0.2, 0.25) is 5.91 Å². The average molecular weight is 433 g/mol. The molecule has 0 aromatic heterocycles. The van der Waals surface area contributed by atoms with E-state index in [2.05, 4.69) is 5.32 Å². The summed E-state index contributed by atoms with van der Waals surface area (Å²) in [5.41, 5.74) is 1.44. The van der Waals surface area contributed by atoms with Crippen LogP contribution < -0.4 is 10.1 Å². The first kappa shape index (κ1) is 20.7. The van der Waals surface area contributed by atoms with Crippen molar-refractivity contribution in [2.75, 3.05) is 18.5 Å². The molecule has 1 fully saturated rings.